The predicted octanol–water partition coefficient (Wildman–Crippen LogP) is 7.57. The molecule has 0 aliphatic heterocycles. The molecule has 0 unspecified atom stereocenters. The summed E-state index contributed by atoms with van der Waals surface area (Å²) < 4.78 is 54.5. The molecule has 0 bridgehead atoms. The Morgan fingerprint density at radius 1 is 0.744 bits per heavy atom. The van der Waals surface area contributed by atoms with Crippen molar-refractivity contribution in [3.05, 3.63) is 45.7 Å². The summed E-state index contributed by atoms with van der Waals surface area (Å²) in [7, 11) is 2.85. The van der Waals surface area contributed by atoms with Crippen molar-refractivity contribution < 1.29 is 47.5 Å². The van der Waals surface area contributed by atoms with Gasteiger partial charge in [0.05, 0.1) is 39.3 Å². The normalized spacial score (nSPS) is 12.8. The summed E-state index contributed by atoms with van der Waals surface area (Å²) in [5, 5.41) is 19.0. The molecule has 43 heavy (non-hydrogen) atoms. The molecular weight excluding hydrogens is 602 g/mol. The summed E-state index contributed by atoms with van der Waals surface area (Å²) in [6, 6.07) is 6.83. The molecule has 2 heterocycles. The molecule has 0 fully saturated rings. The number of carboxylic acid groups (broad SMARTS) is 2. The van der Waals surface area contributed by atoms with Gasteiger partial charge < -0.3 is 29.2 Å². The first kappa shape index (κ1) is 32.3. The molecule has 4 rings (SSSR count). The second kappa shape index (κ2) is 14.2. The van der Waals surface area contributed by atoms with Crippen LogP contribution in [0.25, 0.3) is 20.2 Å². The molecule has 2 aromatic heterocycles. The van der Waals surface area contributed by atoms with Crippen molar-refractivity contribution in [2.24, 2.45) is 11.8 Å². The van der Waals surface area contributed by atoms with Crippen LogP contribution in [0.15, 0.2) is 24.3 Å². The zero-order valence-electron chi connectivity index (χ0n) is 24.3. The summed E-state index contributed by atoms with van der Waals surface area (Å²) >= 11 is 2.77. The first-order valence-electron chi connectivity index (χ1n) is 13.8. The maximum Gasteiger partial charge on any atom is 0.306 e. The van der Waals surface area contributed by atoms with Gasteiger partial charge >= 0.3 is 11.9 Å². The number of rotatable bonds is 16. The van der Waals surface area contributed by atoms with Crippen LogP contribution in [-0.4, -0.2) is 49.6 Å². The average molecular weight is 637 g/mol. The van der Waals surface area contributed by atoms with Crippen molar-refractivity contribution in [3.63, 3.8) is 0 Å². The molecule has 2 N–H and O–H groups in total. The smallest absolute Gasteiger partial charge is 0.306 e. The van der Waals surface area contributed by atoms with E-state index in [2.05, 4.69) is 0 Å². The Labute approximate surface area is 255 Å². The zero-order chi connectivity index (χ0) is 31.3. The fourth-order valence-corrected chi connectivity index (χ4v) is 6.70. The van der Waals surface area contributed by atoms with E-state index < -0.39 is 35.4 Å². The van der Waals surface area contributed by atoms with Crippen molar-refractivity contribution in [2.75, 3.05) is 27.4 Å². The Balaban J connectivity index is 1.40. The quantitative estimate of drug-likeness (QED) is 0.121. The van der Waals surface area contributed by atoms with Crippen LogP contribution in [0.1, 0.15) is 42.9 Å². The summed E-state index contributed by atoms with van der Waals surface area (Å²) in [6.07, 6.45) is 2.24. The van der Waals surface area contributed by atoms with Crippen LogP contribution < -0.4 is 18.9 Å². The van der Waals surface area contributed by atoms with Gasteiger partial charge in [0.25, 0.3) is 0 Å². The van der Waals surface area contributed by atoms with Crippen molar-refractivity contribution in [1.82, 2.24) is 0 Å². The second-order valence-electron chi connectivity index (χ2n) is 10.3. The number of carbonyl (C=O) groups is 2. The molecule has 0 saturated heterocycles. The van der Waals surface area contributed by atoms with Crippen LogP contribution in [-0.2, 0) is 22.4 Å². The molecule has 0 amide bonds. The molecule has 12 heteroatoms. The van der Waals surface area contributed by atoms with Crippen LogP contribution in [0.5, 0.6) is 23.0 Å². The molecule has 0 saturated carbocycles. The van der Waals surface area contributed by atoms with E-state index in [1.807, 2.05) is 0 Å². The number of methoxy groups -OCH3 is 2. The Morgan fingerprint density at radius 2 is 1.14 bits per heavy atom. The Bertz CT molecular complexity index is 1490. The van der Waals surface area contributed by atoms with Gasteiger partial charge in [0.15, 0.2) is 34.6 Å². The van der Waals surface area contributed by atoms with Gasteiger partial charge in [-0.3, -0.25) is 9.59 Å². The lowest BCUT2D eigenvalue weighted by molar-refractivity contribution is -0.142. The number of benzene rings is 2. The predicted molar refractivity (Wildman–Crippen MR) is 163 cm³/mol. The van der Waals surface area contributed by atoms with Gasteiger partial charge in [-0.25, -0.2) is 8.78 Å². The van der Waals surface area contributed by atoms with Crippen LogP contribution in [0.4, 0.5) is 8.78 Å². The van der Waals surface area contributed by atoms with Gasteiger partial charge in [0, 0.05) is 48.5 Å². The van der Waals surface area contributed by atoms with Crippen LogP contribution in [0.2, 0.25) is 0 Å². The third-order valence-electron chi connectivity index (χ3n) is 7.18. The molecule has 0 spiro atoms. The standard InChI is InChI=1S/C31H34F2O8S2/c1-16(30(34)35)6-8-18-12-20-24(42-18)14-22(38-3)28(26(20)32)40-10-5-11-41-29-23(39-4)15-25-21(27(29)33)13-19(43-25)9-7-17(2)31(36)37/h12-17H,5-11H2,1-4H3,(H,34,35)(H,36,37)/t16-,17-/m0/s1. The summed E-state index contributed by atoms with van der Waals surface area (Å²) in [5.74, 6) is -3.44. The number of halogens is 2. The molecule has 0 aliphatic rings. The largest absolute Gasteiger partial charge is 0.493 e. The number of carboxylic acids is 2. The highest BCUT2D eigenvalue weighted by molar-refractivity contribution is 7.19. The van der Waals surface area contributed by atoms with Crippen molar-refractivity contribution in [1.29, 1.82) is 0 Å². The van der Waals surface area contributed by atoms with E-state index in [1.165, 1.54) is 36.9 Å². The van der Waals surface area contributed by atoms with Crippen molar-refractivity contribution in [3.8, 4) is 23.0 Å². The zero-order valence-corrected chi connectivity index (χ0v) is 26.0. The number of thiophene rings is 2. The number of aryl methyl sites for hydroxylation is 2. The minimum absolute atomic E-state index is 0.0357. The van der Waals surface area contributed by atoms with Gasteiger partial charge in [-0.1, -0.05) is 13.8 Å². The molecule has 0 aliphatic carbocycles. The van der Waals surface area contributed by atoms with E-state index in [9.17, 15) is 9.59 Å². The van der Waals surface area contributed by atoms with Gasteiger partial charge in [0.2, 0.25) is 0 Å². The number of hydrogen-bond acceptors (Lipinski definition) is 8. The SMILES string of the molecule is COc1cc2sc(CC[C@H](C)C(=O)O)cc2c(F)c1OCCCOc1c(OC)cc2sc(CC[C@H](C)C(=O)O)cc2c1F. The molecular formula is C31H34F2O8S2. The molecule has 2 atom stereocenters. The fourth-order valence-electron chi connectivity index (χ4n) is 4.49. The second-order valence-corrected chi connectivity index (χ2v) is 12.6. The highest BCUT2D eigenvalue weighted by Crippen LogP contribution is 2.42. The third kappa shape index (κ3) is 7.48. The summed E-state index contributed by atoms with van der Waals surface area (Å²) in [4.78, 5) is 24.0. The lowest BCUT2D eigenvalue weighted by Crippen LogP contribution is -2.09. The van der Waals surface area contributed by atoms with Crippen LogP contribution >= 0.6 is 22.7 Å². The molecule has 8 nitrogen and oxygen atoms in total. The summed E-state index contributed by atoms with van der Waals surface area (Å²) in [6.45, 7) is 3.43. The van der Waals surface area contributed by atoms with Gasteiger partial charge in [-0.15, -0.1) is 22.7 Å². The monoisotopic (exact) mass is 636 g/mol. The number of ether oxygens (including phenoxy) is 4. The fraction of sp³-hybridized carbons (Fsp3) is 0.419. The van der Waals surface area contributed by atoms with Crippen molar-refractivity contribution in [2.45, 2.75) is 46.0 Å². The minimum Gasteiger partial charge on any atom is -0.493 e. The van der Waals surface area contributed by atoms with Crippen LogP contribution in [0, 0.1) is 23.5 Å². The molecule has 232 valence electrons. The Kier molecular flexibility index (Phi) is 10.7. The molecule has 0 radical (unpaired) electrons. The van der Waals surface area contributed by atoms with E-state index >= 15 is 8.78 Å². The Morgan fingerprint density at radius 3 is 1.49 bits per heavy atom. The van der Waals surface area contributed by atoms with Crippen molar-refractivity contribution >= 4 is 54.8 Å². The number of fused-ring (bicyclic) bond motifs is 2. The highest BCUT2D eigenvalue weighted by atomic mass is 32.1. The topological polar surface area (TPSA) is 112 Å². The third-order valence-corrected chi connectivity index (χ3v) is 9.46. The van der Waals surface area contributed by atoms with E-state index in [-0.39, 0.29) is 36.2 Å². The lowest BCUT2D eigenvalue weighted by Gasteiger charge is -2.14. The minimum atomic E-state index is -0.865. The van der Waals surface area contributed by atoms with Gasteiger partial charge in [-0.05, 0) is 37.8 Å². The van der Waals surface area contributed by atoms with E-state index in [0.717, 1.165) is 9.75 Å². The highest BCUT2D eigenvalue weighted by Gasteiger charge is 2.21. The van der Waals surface area contributed by atoms with Crippen LogP contribution in [0.3, 0.4) is 0 Å². The lowest BCUT2D eigenvalue weighted by atomic mass is 10.1. The molecule has 2 aromatic carbocycles. The van der Waals surface area contributed by atoms with Gasteiger partial charge in [-0.2, -0.15) is 0 Å². The average Bonchev–Trinajstić information content (AvgIpc) is 3.59. The van der Waals surface area contributed by atoms with E-state index in [0.29, 0.717) is 52.3 Å². The van der Waals surface area contributed by atoms with E-state index in [1.54, 1.807) is 38.1 Å². The van der Waals surface area contributed by atoms with E-state index in [4.69, 9.17) is 29.2 Å². The maximum absolute atomic E-state index is 15.5. The maximum atomic E-state index is 15.5. The van der Waals surface area contributed by atoms with Gasteiger partial charge in [0.1, 0.15) is 0 Å². The first-order valence-corrected chi connectivity index (χ1v) is 15.5. The first-order chi connectivity index (χ1) is 20.5. The number of aliphatic carboxylic acids is 2. The number of hydrogen-bond donors (Lipinski definition) is 2. The summed E-state index contributed by atoms with van der Waals surface area (Å²) in [5.41, 5.74) is 0. The molecule has 4 aromatic rings. The Hall–Kier alpha value is -3.64.